The highest BCUT2D eigenvalue weighted by Gasteiger charge is 1.99. The molecule has 1 N–H and O–H groups in total. The number of rotatable bonds is 5. The molecule has 15 heavy (non-hydrogen) atoms. The van der Waals surface area contributed by atoms with Crippen LogP contribution in [0.15, 0.2) is 24.2 Å². The second kappa shape index (κ2) is 5.04. The number of aromatic nitrogens is 3. The number of nitrogens with zero attached hydrogens (tertiary/aromatic N) is 3. The number of aryl methyl sites for hydroxylation is 1. The van der Waals surface area contributed by atoms with Gasteiger partial charge in [-0.3, -0.25) is 0 Å². The molecule has 0 spiro atoms. The van der Waals surface area contributed by atoms with Crippen LogP contribution >= 0.6 is 11.3 Å². The van der Waals surface area contributed by atoms with Crippen LogP contribution < -0.4 is 5.32 Å². The van der Waals surface area contributed by atoms with Gasteiger partial charge >= 0.3 is 0 Å². The standard InChI is InChI=1S/C10H14N4S/c1-9-10(15-8-13-9)6-11-2-4-14-5-3-12-7-14/h3,5,7-8,11H,2,4,6H2,1H3. The Bertz CT molecular complexity index is 393. The maximum absolute atomic E-state index is 4.21. The van der Waals surface area contributed by atoms with E-state index in [2.05, 4.69) is 19.9 Å². The number of nitrogens with one attached hydrogen (secondary N) is 1. The van der Waals surface area contributed by atoms with Crippen LogP contribution in [0, 0.1) is 6.92 Å². The Labute approximate surface area is 93.0 Å². The smallest absolute Gasteiger partial charge is 0.0946 e. The summed E-state index contributed by atoms with van der Waals surface area (Å²) < 4.78 is 2.06. The molecule has 0 saturated carbocycles. The quantitative estimate of drug-likeness (QED) is 0.778. The number of imidazole rings is 1. The van der Waals surface area contributed by atoms with Crippen LogP contribution in [0.25, 0.3) is 0 Å². The third kappa shape index (κ3) is 2.87. The first-order valence-electron chi connectivity index (χ1n) is 4.91. The summed E-state index contributed by atoms with van der Waals surface area (Å²) in [6.07, 6.45) is 5.60. The van der Waals surface area contributed by atoms with Crippen molar-refractivity contribution >= 4 is 11.3 Å². The van der Waals surface area contributed by atoms with Crippen LogP contribution in [0.5, 0.6) is 0 Å². The van der Waals surface area contributed by atoms with Crippen molar-refractivity contribution in [2.45, 2.75) is 20.0 Å². The van der Waals surface area contributed by atoms with Crippen molar-refractivity contribution in [3.8, 4) is 0 Å². The maximum atomic E-state index is 4.21. The summed E-state index contributed by atoms with van der Waals surface area (Å²) in [5.41, 5.74) is 3.03. The summed E-state index contributed by atoms with van der Waals surface area (Å²) in [6, 6.07) is 0. The lowest BCUT2D eigenvalue weighted by molar-refractivity contribution is 0.599. The summed E-state index contributed by atoms with van der Waals surface area (Å²) in [4.78, 5) is 9.52. The zero-order chi connectivity index (χ0) is 10.5. The predicted octanol–water partition coefficient (Wildman–Crippen LogP) is 1.44. The minimum Gasteiger partial charge on any atom is -0.336 e. The van der Waals surface area contributed by atoms with E-state index in [0.717, 1.165) is 25.3 Å². The van der Waals surface area contributed by atoms with Crippen molar-refractivity contribution in [1.82, 2.24) is 19.9 Å². The molecule has 2 aromatic heterocycles. The van der Waals surface area contributed by atoms with E-state index in [1.54, 1.807) is 17.5 Å². The van der Waals surface area contributed by atoms with Crippen LogP contribution in [0.3, 0.4) is 0 Å². The minimum atomic E-state index is 0.908. The fraction of sp³-hybridized carbons (Fsp3) is 0.400. The first-order chi connectivity index (χ1) is 7.36. The average Bonchev–Trinajstić information content (AvgIpc) is 2.85. The first kappa shape index (κ1) is 10.3. The topological polar surface area (TPSA) is 42.7 Å². The van der Waals surface area contributed by atoms with Gasteiger partial charge in [0.2, 0.25) is 0 Å². The molecule has 0 saturated heterocycles. The predicted molar refractivity (Wildman–Crippen MR) is 60.8 cm³/mol. The highest BCUT2D eigenvalue weighted by Crippen LogP contribution is 2.10. The van der Waals surface area contributed by atoms with E-state index in [9.17, 15) is 0 Å². The fourth-order valence-electron chi connectivity index (χ4n) is 1.32. The van der Waals surface area contributed by atoms with Gasteiger partial charge in [-0.25, -0.2) is 9.97 Å². The van der Waals surface area contributed by atoms with Crippen molar-refractivity contribution < 1.29 is 0 Å². The maximum Gasteiger partial charge on any atom is 0.0946 e. The van der Waals surface area contributed by atoms with Gasteiger partial charge in [-0.1, -0.05) is 0 Å². The van der Waals surface area contributed by atoms with Crippen LogP contribution in [-0.2, 0) is 13.1 Å². The molecular formula is C10H14N4S. The van der Waals surface area contributed by atoms with E-state index in [1.165, 1.54) is 4.88 Å². The summed E-state index contributed by atoms with van der Waals surface area (Å²) in [5.74, 6) is 0. The second-order valence-corrected chi connectivity index (χ2v) is 4.28. The Morgan fingerprint density at radius 2 is 2.47 bits per heavy atom. The van der Waals surface area contributed by atoms with Gasteiger partial charge in [-0.15, -0.1) is 11.3 Å². The zero-order valence-electron chi connectivity index (χ0n) is 8.68. The van der Waals surface area contributed by atoms with Crippen LogP contribution in [0.1, 0.15) is 10.6 Å². The third-order valence-corrected chi connectivity index (χ3v) is 3.17. The minimum absolute atomic E-state index is 0.908. The van der Waals surface area contributed by atoms with Crippen LogP contribution in [-0.4, -0.2) is 21.1 Å². The lowest BCUT2D eigenvalue weighted by Gasteiger charge is -2.04. The van der Waals surface area contributed by atoms with E-state index in [0.29, 0.717) is 0 Å². The molecule has 0 atom stereocenters. The van der Waals surface area contributed by atoms with Crippen LogP contribution in [0.4, 0.5) is 0 Å². The lowest BCUT2D eigenvalue weighted by atomic mass is 10.4. The molecule has 2 heterocycles. The largest absolute Gasteiger partial charge is 0.336 e. The van der Waals surface area contributed by atoms with Gasteiger partial charge in [0.25, 0.3) is 0 Å². The summed E-state index contributed by atoms with van der Waals surface area (Å²) in [5, 5.41) is 3.39. The Kier molecular flexibility index (Phi) is 3.47. The van der Waals surface area contributed by atoms with Crippen molar-refractivity contribution in [3.05, 3.63) is 34.8 Å². The fourth-order valence-corrected chi connectivity index (χ4v) is 2.07. The van der Waals surface area contributed by atoms with E-state index < -0.39 is 0 Å². The summed E-state index contributed by atoms with van der Waals surface area (Å²) >= 11 is 1.70. The second-order valence-electron chi connectivity index (χ2n) is 3.34. The van der Waals surface area contributed by atoms with Crippen molar-refractivity contribution in [2.24, 2.45) is 0 Å². The van der Waals surface area contributed by atoms with Gasteiger partial charge in [0.05, 0.1) is 17.5 Å². The van der Waals surface area contributed by atoms with E-state index in [-0.39, 0.29) is 0 Å². The monoisotopic (exact) mass is 222 g/mol. The molecule has 0 aliphatic heterocycles. The molecule has 4 nitrogen and oxygen atoms in total. The Morgan fingerprint density at radius 1 is 1.53 bits per heavy atom. The van der Waals surface area contributed by atoms with Gasteiger partial charge in [0.1, 0.15) is 0 Å². The average molecular weight is 222 g/mol. The molecule has 0 aliphatic rings. The molecule has 2 rings (SSSR count). The zero-order valence-corrected chi connectivity index (χ0v) is 9.50. The molecule has 0 bridgehead atoms. The Hall–Kier alpha value is -1.20. The normalized spacial score (nSPS) is 10.7. The first-order valence-corrected chi connectivity index (χ1v) is 5.79. The highest BCUT2D eigenvalue weighted by molar-refractivity contribution is 7.09. The summed E-state index contributed by atoms with van der Waals surface area (Å²) in [6.45, 7) is 4.86. The molecule has 0 radical (unpaired) electrons. The van der Waals surface area contributed by atoms with Gasteiger partial charge in [-0.05, 0) is 6.92 Å². The Morgan fingerprint density at radius 3 is 3.13 bits per heavy atom. The molecule has 0 aliphatic carbocycles. The Balaban J connectivity index is 1.70. The molecular weight excluding hydrogens is 208 g/mol. The third-order valence-electron chi connectivity index (χ3n) is 2.24. The van der Waals surface area contributed by atoms with Crippen molar-refractivity contribution in [3.63, 3.8) is 0 Å². The summed E-state index contributed by atoms with van der Waals surface area (Å²) in [7, 11) is 0. The van der Waals surface area contributed by atoms with E-state index in [1.807, 2.05) is 25.0 Å². The molecule has 5 heteroatoms. The SMILES string of the molecule is Cc1ncsc1CNCCn1ccnc1. The van der Waals surface area contributed by atoms with Crippen LogP contribution in [0.2, 0.25) is 0 Å². The molecule has 0 aromatic carbocycles. The molecule has 2 aromatic rings. The number of hydrogen-bond donors (Lipinski definition) is 1. The highest BCUT2D eigenvalue weighted by atomic mass is 32.1. The van der Waals surface area contributed by atoms with Crippen molar-refractivity contribution in [1.29, 1.82) is 0 Å². The van der Waals surface area contributed by atoms with Gasteiger partial charge in [0, 0.05) is 36.9 Å². The molecule has 0 unspecified atom stereocenters. The molecule has 0 amide bonds. The molecule has 80 valence electrons. The van der Waals surface area contributed by atoms with Gasteiger partial charge in [-0.2, -0.15) is 0 Å². The lowest BCUT2D eigenvalue weighted by Crippen LogP contribution is -2.18. The van der Waals surface area contributed by atoms with Gasteiger partial charge in [0.15, 0.2) is 0 Å². The van der Waals surface area contributed by atoms with E-state index in [4.69, 9.17) is 0 Å². The van der Waals surface area contributed by atoms with Gasteiger partial charge < -0.3 is 9.88 Å². The number of thiazole rings is 1. The molecule has 0 fully saturated rings. The number of hydrogen-bond acceptors (Lipinski definition) is 4. The van der Waals surface area contributed by atoms with Crippen molar-refractivity contribution in [2.75, 3.05) is 6.54 Å². The van der Waals surface area contributed by atoms with E-state index >= 15 is 0 Å².